The van der Waals surface area contributed by atoms with Crippen LogP contribution in [0, 0.1) is 0 Å². The van der Waals surface area contributed by atoms with E-state index in [2.05, 4.69) is 24.6 Å². The predicted molar refractivity (Wildman–Crippen MR) is 45.1 cm³/mol. The molecule has 1 fully saturated rings. The standard InChI is InChI=1S/C9H17N/c1-3-9-7-5-4-6-8-10(9)2/h3,9H,1,4-8H2,2H3. The number of nitrogens with zero attached hydrogens (tertiary/aromatic N) is 1. The molecule has 58 valence electrons. The van der Waals surface area contributed by atoms with Gasteiger partial charge in [0.2, 0.25) is 0 Å². The van der Waals surface area contributed by atoms with Gasteiger partial charge >= 0.3 is 0 Å². The molecule has 0 amide bonds. The Morgan fingerprint density at radius 1 is 1.40 bits per heavy atom. The zero-order valence-electron chi connectivity index (χ0n) is 6.84. The second-order valence-corrected chi connectivity index (χ2v) is 3.13. The summed E-state index contributed by atoms with van der Waals surface area (Å²) in [6.07, 6.45) is 7.52. The average Bonchev–Trinajstić information content (AvgIpc) is 2.13. The van der Waals surface area contributed by atoms with Crippen LogP contribution in [0.2, 0.25) is 0 Å². The molecular formula is C9H17N. The second kappa shape index (κ2) is 3.77. The van der Waals surface area contributed by atoms with Gasteiger partial charge in [0, 0.05) is 6.04 Å². The summed E-state index contributed by atoms with van der Waals surface area (Å²) in [6.45, 7) is 5.08. The molecule has 0 aliphatic carbocycles. The molecule has 1 heteroatoms. The number of likely N-dealkylation sites (tertiary alicyclic amines) is 1. The molecule has 0 aromatic carbocycles. The molecule has 1 rings (SSSR count). The van der Waals surface area contributed by atoms with Crippen molar-refractivity contribution in [1.82, 2.24) is 4.90 Å². The summed E-state index contributed by atoms with van der Waals surface area (Å²) in [5, 5.41) is 0. The van der Waals surface area contributed by atoms with E-state index < -0.39 is 0 Å². The topological polar surface area (TPSA) is 3.24 Å². The van der Waals surface area contributed by atoms with E-state index >= 15 is 0 Å². The summed E-state index contributed by atoms with van der Waals surface area (Å²) in [5.74, 6) is 0. The van der Waals surface area contributed by atoms with Gasteiger partial charge < -0.3 is 0 Å². The molecule has 1 atom stereocenters. The van der Waals surface area contributed by atoms with Gasteiger partial charge in [0.05, 0.1) is 0 Å². The first-order valence-electron chi connectivity index (χ1n) is 4.17. The monoisotopic (exact) mass is 139 g/mol. The van der Waals surface area contributed by atoms with Gasteiger partial charge in [0.1, 0.15) is 0 Å². The lowest BCUT2D eigenvalue weighted by molar-refractivity contribution is 0.289. The molecule has 0 aromatic heterocycles. The number of likely N-dealkylation sites (N-methyl/N-ethyl adjacent to an activating group) is 1. The molecule has 0 saturated carbocycles. The predicted octanol–water partition coefficient (Wildman–Crippen LogP) is 2.05. The average molecular weight is 139 g/mol. The fourth-order valence-electron chi connectivity index (χ4n) is 1.58. The third-order valence-corrected chi connectivity index (χ3v) is 2.35. The van der Waals surface area contributed by atoms with E-state index in [1.165, 1.54) is 32.2 Å². The molecule has 0 radical (unpaired) electrons. The van der Waals surface area contributed by atoms with E-state index in [1.807, 2.05) is 0 Å². The Labute approximate surface area is 63.7 Å². The van der Waals surface area contributed by atoms with Crippen molar-refractivity contribution in [3.05, 3.63) is 12.7 Å². The van der Waals surface area contributed by atoms with Crippen molar-refractivity contribution in [2.75, 3.05) is 13.6 Å². The van der Waals surface area contributed by atoms with E-state index in [1.54, 1.807) is 0 Å². The van der Waals surface area contributed by atoms with Crippen LogP contribution >= 0.6 is 0 Å². The molecule has 1 nitrogen and oxygen atoms in total. The van der Waals surface area contributed by atoms with Crippen LogP contribution in [0.1, 0.15) is 25.7 Å². The highest BCUT2D eigenvalue weighted by Gasteiger charge is 2.12. The summed E-state index contributed by atoms with van der Waals surface area (Å²) < 4.78 is 0. The molecule has 0 N–H and O–H groups in total. The molecule has 0 bridgehead atoms. The third kappa shape index (κ3) is 1.84. The molecule has 1 heterocycles. The van der Waals surface area contributed by atoms with Crippen molar-refractivity contribution in [2.45, 2.75) is 31.7 Å². The Balaban J connectivity index is 2.43. The van der Waals surface area contributed by atoms with Crippen LogP contribution in [0.25, 0.3) is 0 Å². The molecule has 1 aliphatic rings. The van der Waals surface area contributed by atoms with E-state index in [9.17, 15) is 0 Å². The second-order valence-electron chi connectivity index (χ2n) is 3.13. The minimum Gasteiger partial charge on any atom is -0.300 e. The van der Waals surface area contributed by atoms with Crippen molar-refractivity contribution in [3.8, 4) is 0 Å². The van der Waals surface area contributed by atoms with Crippen molar-refractivity contribution in [1.29, 1.82) is 0 Å². The maximum Gasteiger partial charge on any atom is 0.0272 e. The first-order chi connectivity index (χ1) is 4.84. The van der Waals surface area contributed by atoms with Gasteiger partial charge in [-0.05, 0) is 26.4 Å². The Morgan fingerprint density at radius 2 is 2.20 bits per heavy atom. The smallest absolute Gasteiger partial charge is 0.0272 e. The van der Waals surface area contributed by atoms with Gasteiger partial charge in [-0.2, -0.15) is 0 Å². The highest BCUT2D eigenvalue weighted by molar-refractivity contribution is 4.87. The fraction of sp³-hybridized carbons (Fsp3) is 0.778. The van der Waals surface area contributed by atoms with Crippen molar-refractivity contribution in [2.24, 2.45) is 0 Å². The normalized spacial score (nSPS) is 29.5. The van der Waals surface area contributed by atoms with Gasteiger partial charge in [-0.25, -0.2) is 0 Å². The lowest BCUT2D eigenvalue weighted by atomic mass is 10.1. The third-order valence-electron chi connectivity index (χ3n) is 2.35. The molecule has 0 aromatic rings. The molecule has 1 aliphatic heterocycles. The van der Waals surface area contributed by atoms with Crippen LogP contribution in [0.5, 0.6) is 0 Å². The van der Waals surface area contributed by atoms with E-state index in [-0.39, 0.29) is 0 Å². The maximum absolute atomic E-state index is 3.83. The Morgan fingerprint density at radius 3 is 2.90 bits per heavy atom. The van der Waals surface area contributed by atoms with Crippen molar-refractivity contribution < 1.29 is 0 Å². The molecule has 1 unspecified atom stereocenters. The summed E-state index contributed by atoms with van der Waals surface area (Å²) >= 11 is 0. The van der Waals surface area contributed by atoms with Crippen LogP contribution in [-0.4, -0.2) is 24.5 Å². The number of rotatable bonds is 1. The van der Waals surface area contributed by atoms with E-state index in [0.717, 1.165) is 0 Å². The van der Waals surface area contributed by atoms with Crippen LogP contribution in [0.3, 0.4) is 0 Å². The summed E-state index contributed by atoms with van der Waals surface area (Å²) in [5.41, 5.74) is 0. The summed E-state index contributed by atoms with van der Waals surface area (Å²) in [6, 6.07) is 0.641. The van der Waals surface area contributed by atoms with Crippen molar-refractivity contribution in [3.63, 3.8) is 0 Å². The van der Waals surface area contributed by atoms with Crippen LogP contribution < -0.4 is 0 Å². The van der Waals surface area contributed by atoms with Gasteiger partial charge in [-0.3, -0.25) is 4.90 Å². The molecule has 10 heavy (non-hydrogen) atoms. The lowest BCUT2D eigenvalue weighted by Gasteiger charge is -2.21. The minimum atomic E-state index is 0.641. The van der Waals surface area contributed by atoms with Gasteiger partial charge in [-0.15, -0.1) is 6.58 Å². The molecule has 1 saturated heterocycles. The Bertz CT molecular complexity index is 109. The summed E-state index contributed by atoms with van der Waals surface area (Å²) in [7, 11) is 2.19. The maximum atomic E-state index is 3.83. The van der Waals surface area contributed by atoms with Gasteiger partial charge in [-0.1, -0.05) is 18.9 Å². The number of hydrogen-bond acceptors (Lipinski definition) is 1. The first-order valence-corrected chi connectivity index (χ1v) is 4.17. The molecular weight excluding hydrogens is 122 g/mol. The number of hydrogen-bond donors (Lipinski definition) is 0. The zero-order chi connectivity index (χ0) is 7.40. The lowest BCUT2D eigenvalue weighted by Crippen LogP contribution is -2.28. The molecule has 0 spiro atoms. The summed E-state index contributed by atoms with van der Waals surface area (Å²) in [4.78, 5) is 2.40. The SMILES string of the molecule is C=CC1CCCCCN1C. The fourth-order valence-corrected chi connectivity index (χ4v) is 1.58. The van der Waals surface area contributed by atoms with E-state index in [0.29, 0.717) is 6.04 Å². The Hall–Kier alpha value is -0.300. The van der Waals surface area contributed by atoms with E-state index in [4.69, 9.17) is 0 Å². The largest absolute Gasteiger partial charge is 0.300 e. The zero-order valence-corrected chi connectivity index (χ0v) is 6.84. The van der Waals surface area contributed by atoms with Crippen LogP contribution in [0.15, 0.2) is 12.7 Å². The minimum absolute atomic E-state index is 0.641. The quantitative estimate of drug-likeness (QED) is 0.502. The van der Waals surface area contributed by atoms with Gasteiger partial charge in [0.15, 0.2) is 0 Å². The highest BCUT2D eigenvalue weighted by Crippen LogP contribution is 2.14. The Kier molecular flexibility index (Phi) is 2.94. The van der Waals surface area contributed by atoms with Gasteiger partial charge in [0.25, 0.3) is 0 Å². The van der Waals surface area contributed by atoms with Crippen LogP contribution in [-0.2, 0) is 0 Å². The van der Waals surface area contributed by atoms with Crippen molar-refractivity contribution >= 4 is 0 Å². The highest BCUT2D eigenvalue weighted by atomic mass is 15.1. The first kappa shape index (κ1) is 7.80. The van der Waals surface area contributed by atoms with Crippen LogP contribution in [0.4, 0.5) is 0 Å².